The topological polar surface area (TPSA) is 56.8 Å². The third-order valence-electron chi connectivity index (χ3n) is 5.55. The molecule has 1 aliphatic carbocycles. The Morgan fingerprint density at radius 3 is 2.58 bits per heavy atom. The summed E-state index contributed by atoms with van der Waals surface area (Å²) in [6, 6.07) is 0.386. The number of amides is 2. The summed E-state index contributed by atoms with van der Waals surface area (Å²) in [5.74, 6) is 0.217. The van der Waals surface area contributed by atoms with Crippen molar-refractivity contribution >= 4 is 28.3 Å². The summed E-state index contributed by atoms with van der Waals surface area (Å²) in [5, 5.41) is 3.01. The Balaban J connectivity index is 1.33. The van der Waals surface area contributed by atoms with Gasteiger partial charge in [0.05, 0.1) is 5.92 Å². The Morgan fingerprint density at radius 1 is 1.17 bits per heavy atom. The molecule has 0 aromatic carbocycles. The SMILES string of the molecule is O=C(C1CC(=O)N(C2CCCC2)C1)N1CCN(c2nccs2)CC1. The molecule has 0 radical (unpaired) electrons. The molecule has 0 spiro atoms. The molecule has 130 valence electrons. The molecule has 1 aromatic rings. The van der Waals surface area contributed by atoms with E-state index in [-0.39, 0.29) is 17.7 Å². The second kappa shape index (κ2) is 6.70. The standard InChI is InChI=1S/C17H24N4O2S/c22-15-11-13(12-21(15)14-3-1-2-4-14)16(23)19-6-8-20(9-7-19)17-18-5-10-24-17/h5,10,13-14H,1-4,6-9,11-12H2. The first-order valence-electron chi connectivity index (χ1n) is 8.95. The molecule has 1 unspecified atom stereocenters. The fourth-order valence-electron chi connectivity index (χ4n) is 4.21. The van der Waals surface area contributed by atoms with Gasteiger partial charge >= 0.3 is 0 Å². The lowest BCUT2D eigenvalue weighted by atomic mass is 10.1. The number of carbonyl (C=O) groups excluding carboxylic acids is 2. The van der Waals surface area contributed by atoms with Gasteiger partial charge in [0.1, 0.15) is 0 Å². The number of piperazine rings is 1. The maximum Gasteiger partial charge on any atom is 0.228 e. The van der Waals surface area contributed by atoms with Gasteiger partial charge in [-0.2, -0.15) is 0 Å². The van der Waals surface area contributed by atoms with E-state index in [4.69, 9.17) is 0 Å². The molecule has 0 N–H and O–H groups in total. The minimum atomic E-state index is -0.135. The number of thiazole rings is 1. The van der Waals surface area contributed by atoms with Gasteiger partial charge in [-0.05, 0) is 12.8 Å². The van der Waals surface area contributed by atoms with Crippen LogP contribution in [0.25, 0.3) is 0 Å². The molecule has 2 saturated heterocycles. The molecular weight excluding hydrogens is 324 g/mol. The number of hydrogen-bond donors (Lipinski definition) is 0. The fraction of sp³-hybridized carbons (Fsp3) is 0.706. The van der Waals surface area contributed by atoms with Crippen molar-refractivity contribution in [1.29, 1.82) is 0 Å². The van der Waals surface area contributed by atoms with Crippen molar-refractivity contribution in [2.75, 3.05) is 37.6 Å². The van der Waals surface area contributed by atoms with E-state index >= 15 is 0 Å². The molecule has 1 atom stereocenters. The molecule has 24 heavy (non-hydrogen) atoms. The molecule has 0 bridgehead atoms. The van der Waals surface area contributed by atoms with Crippen LogP contribution in [0.3, 0.4) is 0 Å². The lowest BCUT2D eigenvalue weighted by Gasteiger charge is -2.35. The molecule has 2 aliphatic heterocycles. The van der Waals surface area contributed by atoms with Crippen LogP contribution in [0, 0.1) is 5.92 Å². The highest BCUT2D eigenvalue weighted by Gasteiger charge is 2.40. The van der Waals surface area contributed by atoms with E-state index in [0.717, 1.165) is 44.2 Å². The van der Waals surface area contributed by atoms with Gasteiger partial charge in [-0.15, -0.1) is 11.3 Å². The van der Waals surface area contributed by atoms with E-state index in [2.05, 4.69) is 9.88 Å². The molecule has 1 saturated carbocycles. The predicted molar refractivity (Wildman–Crippen MR) is 93.0 cm³/mol. The number of nitrogens with zero attached hydrogens (tertiary/aromatic N) is 4. The summed E-state index contributed by atoms with van der Waals surface area (Å²) >= 11 is 1.64. The van der Waals surface area contributed by atoms with E-state index in [0.29, 0.717) is 19.0 Å². The van der Waals surface area contributed by atoms with Crippen molar-refractivity contribution < 1.29 is 9.59 Å². The van der Waals surface area contributed by atoms with Crippen LogP contribution in [0.15, 0.2) is 11.6 Å². The van der Waals surface area contributed by atoms with Gasteiger partial charge in [-0.1, -0.05) is 12.8 Å². The van der Waals surface area contributed by atoms with Crippen molar-refractivity contribution in [3.63, 3.8) is 0 Å². The van der Waals surface area contributed by atoms with Crippen molar-refractivity contribution in [3.05, 3.63) is 11.6 Å². The second-order valence-electron chi connectivity index (χ2n) is 7.01. The Kier molecular flexibility index (Phi) is 4.43. The molecule has 3 aliphatic rings. The molecule has 3 fully saturated rings. The third kappa shape index (κ3) is 3.01. The zero-order chi connectivity index (χ0) is 16.5. The highest BCUT2D eigenvalue weighted by molar-refractivity contribution is 7.13. The first-order chi connectivity index (χ1) is 11.7. The van der Waals surface area contributed by atoms with Gasteiger partial charge in [0.15, 0.2) is 5.13 Å². The van der Waals surface area contributed by atoms with E-state index < -0.39 is 0 Å². The van der Waals surface area contributed by atoms with Crippen LogP contribution in [0.2, 0.25) is 0 Å². The zero-order valence-electron chi connectivity index (χ0n) is 13.9. The monoisotopic (exact) mass is 348 g/mol. The van der Waals surface area contributed by atoms with Gasteiger partial charge < -0.3 is 14.7 Å². The number of carbonyl (C=O) groups is 2. The van der Waals surface area contributed by atoms with E-state index in [1.165, 1.54) is 12.8 Å². The number of hydrogen-bond acceptors (Lipinski definition) is 5. The summed E-state index contributed by atoms with van der Waals surface area (Å²) in [6.07, 6.45) is 6.87. The molecule has 1 aromatic heterocycles. The smallest absolute Gasteiger partial charge is 0.228 e. The lowest BCUT2D eigenvalue weighted by molar-refractivity contribution is -0.136. The summed E-state index contributed by atoms with van der Waals surface area (Å²) in [4.78, 5) is 35.6. The highest BCUT2D eigenvalue weighted by atomic mass is 32.1. The van der Waals surface area contributed by atoms with Gasteiger partial charge in [0.2, 0.25) is 11.8 Å². The van der Waals surface area contributed by atoms with Gasteiger partial charge in [0.25, 0.3) is 0 Å². The van der Waals surface area contributed by atoms with Crippen LogP contribution in [-0.2, 0) is 9.59 Å². The number of rotatable bonds is 3. The minimum Gasteiger partial charge on any atom is -0.345 e. The van der Waals surface area contributed by atoms with E-state index in [1.54, 1.807) is 11.3 Å². The normalized spacial score (nSPS) is 25.8. The van der Waals surface area contributed by atoms with Crippen molar-refractivity contribution in [3.8, 4) is 0 Å². The maximum absolute atomic E-state index is 12.8. The molecule has 6 nitrogen and oxygen atoms in total. The molecule has 7 heteroatoms. The van der Waals surface area contributed by atoms with Crippen LogP contribution < -0.4 is 4.90 Å². The number of likely N-dealkylation sites (tertiary alicyclic amines) is 1. The summed E-state index contributed by atoms with van der Waals surface area (Å²) in [6.45, 7) is 3.74. The average molecular weight is 348 g/mol. The average Bonchev–Trinajstić information content (AvgIpc) is 3.35. The largest absolute Gasteiger partial charge is 0.345 e. The van der Waals surface area contributed by atoms with Crippen molar-refractivity contribution in [2.24, 2.45) is 5.92 Å². The maximum atomic E-state index is 12.8. The summed E-state index contributed by atoms with van der Waals surface area (Å²) in [5.41, 5.74) is 0. The lowest BCUT2D eigenvalue weighted by Crippen LogP contribution is -2.50. The fourth-order valence-corrected chi connectivity index (χ4v) is 4.91. The Labute approximate surface area is 146 Å². The first-order valence-corrected chi connectivity index (χ1v) is 9.83. The van der Waals surface area contributed by atoms with Gasteiger partial charge in [0, 0.05) is 56.8 Å². The van der Waals surface area contributed by atoms with Gasteiger partial charge in [-0.3, -0.25) is 9.59 Å². The van der Waals surface area contributed by atoms with Gasteiger partial charge in [-0.25, -0.2) is 4.98 Å². The molecular formula is C17H24N4O2S. The molecule has 3 heterocycles. The second-order valence-corrected chi connectivity index (χ2v) is 7.89. The Hall–Kier alpha value is -1.63. The Morgan fingerprint density at radius 2 is 1.92 bits per heavy atom. The Bertz CT molecular complexity index is 592. The predicted octanol–water partition coefficient (Wildman–Crippen LogP) is 1.58. The van der Waals surface area contributed by atoms with Crippen molar-refractivity contribution in [1.82, 2.24) is 14.8 Å². The van der Waals surface area contributed by atoms with Crippen LogP contribution in [0.4, 0.5) is 5.13 Å². The molecule has 2 amide bonds. The van der Waals surface area contributed by atoms with Crippen molar-refractivity contribution in [2.45, 2.75) is 38.1 Å². The minimum absolute atomic E-state index is 0.135. The van der Waals surface area contributed by atoms with E-state index in [1.807, 2.05) is 21.4 Å². The van der Waals surface area contributed by atoms with Crippen LogP contribution >= 0.6 is 11.3 Å². The zero-order valence-corrected chi connectivity index (χ0v) is 14.7. The van der Waals surface area contributed by atoms with Crippen LogP contribution in [0.1, 0.15) is 32.1 Å². The van der Waals surface area contributed by atoms with Crippen LogP contribution in [0.5, 0.6) is 0 Å². The first kappa shape index (κ1) is 15.9. The molecule has 4 rings (SSSR count). The summed E-state index contributed by atoms with van der Waals surface area (Å²) < 4.78 is 0. The van der Waals surface area contributed by atoms with Crippen LogP contribution in [-0.4, -0.2) is 65.4 Å². The third-order valence-corrected chi connectivity index (χ3v) is 6.39. The van der Waals surface area contributed by atoms with E-state index in [9.17, 15) is 9.59 Å². The highest BCUT2D eigenvalue weighted by Crippen LogP contribution is 2.30. The summed E-state index contributed by atoms with van der Waals surface area (Å²) in [7, 11) is 0. The quantitative estimate of drug-likeness (QED) is 0.832. The number of anilines is 1. The number of aromatic nitrogens is 1.